The highest BCUT2D eigenvalue weighted by molar-refractivity contribution is 7.80. The van der Waals surface area contributed by atoms with Gasteiger partial charge in [0.25, 0.3) is 0 Å². The molecule has 1 aliphatic rings. The molecule has 0 radical (unpaired) electrons. The Balaban J connectivity index is 1.58. The molecule has 5 nitrogen and oxygen atoms in total. The Morgan fingerprint density at radius 2 is 2.09 bits per heavy atom. The normalized spacial score (nSPS) is 21.5. The van der Waals surface area contributed by atoms with E-state index < -0.39 is 23.5 Å². The maximum Gasteiger partial charge on any atom is 0.409 e. The van der Waals surface area contributed by atoms with Gasteiger partial charge in [0.1, 0.15) is 11.5 Å². The molecule has 0 spiro atoms. The first-order chi connectivity index (χ1) is 10.6. The van der Waals surface area contributed by atoms with E-state index in [0.29, 0.717) is 6.42 Å². The number of amides is 1. The number of carbonyl (C=O) groups is 2. The van der Waals surface area contributed by atoms with Crippen molar-refractivity contribution in [2.24, 2.45) is 0 Å². The van der Waals surface area contributed by atoms with Crippen LogP contribution in [0.2, 0.25) is 0 Å². The number of aryl methyl sites for hydroxylation is 1. The first kappa shape index (κ1) is 16.7. The largest absolute Gasteiger partial charge is 0.458 e. The van der Waals surface area contributed by atoms with Crippen LogP contribution in [-0.2, 0) is 20.7 Å². The van der Waals surface area contributed by atoms with Crippen LogP contribution >= 0.6 is 12.6 Å². The second-order valence-electron chi connectivity index (χ2n) is 5.36. The molecule has 0 saturated carbocycles. The van der Waals surface area contributed by atoms with Crippen molar-refractivity contribution in [1.82, 2.24) is 5.32 Å². The first-order valence-electron chi connectivity index (χ1n) is 7.46. The van der Waals surface area contributed by atoms with E-state index in [1.807, 2.05) is 18.2 Å². The van der Waals surface area contributed by atoms with E-state index in [1.54, 1.807) is 6.92 Å². The first-order valence-corrected chi connectivity index (χ1v) is 7.97. The average Bonchev–Trinajstić information content (AvgIpc) is 2.50. The van der Waals surface area contributed by atoms with Gasteiger partial charge in [-0.05, 0) is 38.2 Å². The summed E-state index contributed by atoms with van der Waals surface area (Å²) >= 11 is 4.25. The maximum absolute atomic E-state index is 11.6. The molecule has 1 heterocycles. The molecule has 1 amide bonds. The standard InChI is InChI=1S/C16H21NO4S/c1-11-14(15(18)20-11)17-16(19)21-13(22)10-6-5-9-12-7-3-2-4-8-12/h2-4,7-8,11,13-14,22H,5-6,9-10H2,1H3,(H,17,19)/t11-,13?,14+/m0/s1. The summed E-state index contributed by atoms with van der Waals surface area (Å²) in [5.41, 5.74) is 0.830. The van der Waals surface area contributed by atoms with Crippen molar-refractivity contribution in [2.45, 2.75) is 50.2 Å². The van der Waals surface area contributed by atoms with E-state index >= 15 is 0 Å². The van der Waals surface area contributed by atoms with Crippen LogP contribution in [0.15, 0.2) is 30.3 Å². The van der Waals surface area contributed by atoms with Crippen LogP contribution in [0.4, 0.5) is 4.79 Å². The molecule has 0 bridgehead atoms. The third-order valence-corrected chi connectivity index (χ3v) is 3.91. The molecule has 1 fully saturated rings. The lowest BCUT2D eigenvalue weighted by Gasteiger charge is -2.32. The van der Waals surface area contributed by atoms with Crippen molar-refractivity contribution in [3.63, 3.8) is 0 Å². The van der Waals surface area contributed by atoms with Crippen LogP contribution < -0.4 is 5.32 Å². The number of nitrogens with one attached hydrogen (secondary N) is 1. The van der Waals surface area contributed by atoms with Crippen LogP contribution in [0.25, 0.3) is 0 Å². The molecule has 1 aromatic carbocycles. The lowest BCUT2D eigenvalue weighted by Crippen LogP contribution is -2.58. The Morgan fingerprint density at radius 3 is 2.73 bits per heavy atom. The van der Waals surface area contributed by atoms with E-state index in [4.69, 9.17) is 9.47 Å². The quantitative estimate of drug-likeness (QED) is 0.350. The van der Waals surface area contributed by atoms with Gasteiger partial charge in [-0.15, -0.1) is 12.6 Å². The highest BCUT2D eigenvalue weighted by Gasteiger charge is 2.40. The van der Waals surface area contributed by atoms with Crippen LogP contribution in [0.5, 0.6) is 0 Å². The topological polar surface area (TPSA) is 64.6 Å². The lowest BCUT2D eigenvalue weighted by molar-refractivity contribution is -0.174. The van der Waals surface area contributed by atoms with Gasteiger partial charge in [0.2, 0.25) is 0 Å². The van der Waals surface area contributed by atoms with Gasteiger partial charge in [0.15, 0.2) is 6.04 Å². The number of rotatable bonds is 7. The monoisotopic (exact) mass is 323 g/mol. The molecule has 0 aliphatic carbocycles. The number of benzene rings is 1. The van der Waals surface area contributed by atoms with E-state index in [2.05, 4.69) is 30.1 Å². The molecule has 1 unspecified atom stereocenters. The van der Waals surface area contributed by atoms with Crippen molar-refractivity contribution in [2.75, 3.05) is 0 Å². The summed E-state index contributed by atoms with van der Waals surface area (Å²) in [5.74, 6) is -0.428. The Bertz CT molecular complexity index is 508. The van der Waals surface area contributed by atoms with E-state index in [9.17, 15) is 9.59 Å². The minimum absolute atomic E-state index is 0.302. The fourth-order valence-corrected chi connectivity index (χ4v) is 2.53. The molecular formula is C16H21NO4S. The molecule has 22 heavy (non-hydrogen) atoms. The zero-order valence-corrected chi connectivity index (χ0v) is 13.4. The fraction of sp³-hybridized carbons (Fsp3) is 0.500. The number of cyclic esters (lactones) is 1. The smallest absolute Gasteiger partial charge is 0.409 e. The number of hydrogen-bond donors (Lipinski definition) is 2. The van der Waals surface area contributed by atoms with Crippen molar-refractivity contribution in [3.8, 4) is 0 Å². The minimum Gasteiger partial charge on any atom is -0.458 e. The van der Waals surface area contributed by atoms with Crippen LogP contribution in [0, 0.1) is 0 Å². The second-order valence-corrected chi connectivity index (χ2v) is 5.93. The van der Waals surface area contributed by atoms with Crippen LogP contribution in [0.3, 0.4) is 0 Å². The van der Waals surface area contributed by atoms with Crippen molar-refractivity contribution in [3.05, 3.63) is 35.9 Å². The summed E-state index contributed by atoms with van der Waals surface area (Å²) in [7, 11) is 0. The summed E-state index contributed by atoms with van der Waals surface area (Å²) in [6.45, 7) is 1.72. The van der Waals surface area contributed by atoms with Gasteiger partial charge < -0.3 is 14.8 Å². The predicted molar refractivity (Wildman–Crippen MR) is 85.7 cm³/mol. The summed E-state index contributed by atoms with van der Waals surface area (Å²) in [5, 5.41) is 2.48. The number of esters is 1. The Kier molecular flexibility index (Phi) is 6.12. The fourth-order valence-electron chi connectivity index (χ4n) is 2.26. The predicted octanol–water partition coefficient (Wildman–Crippen LogP) is 2.70. The Hall–Kier alpha value is -1.69. The Morgan fingerprint density at radius 1 is 1.36 bits per heavy atom. The van der Waals surface area contributed by atoms with Crippen molar-refractivity contribution >= 4 is 24.7 Å². The molecule has 1 N–H and O–H groups in total. The molecule has 6 heteroatoms. The minimum atomic E-state index is -0.628. The zero-order valence-electron chi connectivity index (χ0n) is 12.5. The number of carbonyl (C=O) groups excluding carboxylic acids is 2. The molecule has 120 valence electrons. The molecular weight excluding hydrogens is 302 g/mol. The Labute approximate surface area is 135 Å². The number of alkyl carbamates (subject to hydrolysis) is 1. The highest BCUT2D eigenvalue weighted by atomic mass is 32.1. The maximum atomic E-state index is 11.6. The van der Waals surface area contributed by atoms with E-state index in [1.165, 1.54) is 5.56 Å². The van der Waals surface area contributed by atoms with Crippen LogP contribution in [0.1, 0.15) is 31.7 Å². The van der Waals surface area contributed by atoms with Gasteiger partial charge in [-0.25, -0.2) is 9.59 Å². The SMILES string of the molecule is C[C@@H]1OC(=O)[C@@H]1NC(=O)OC(S)CCCCc1ccccc1. The van der Waals surface area contributed by atoms with E-state index in [-0.39, 0.29) is 6.10 Å². The third kappa shape index (κ3) is 4.94. The number of thiol groups is 1. The molecule has 0 aromatic heterocycles. The van der Waals surface area contributed by atoms with Crippen molar-refractivity contribution in [1.29, 1.82) is 0 Å². The van der Waals surface area contributed by atoms with Gasteiger partial charge in [-0.3, -0.25) is 0 Å². The number of unbranched alkanes of at least 4 members (excludes halogenated alkanes) is 1. The summed E-state index contributed by atoms with van der Waals surface area (Å²) in [6.07, 6.45) is 2.67. The highest BCUT2D eigenvalue weighted by Crippen LogP contribution is 2.15. The molecule has 1 aliphatic heterocycles. The number of hydrogen-bond acceptors (Lipinski definition) is 5. The third-order valence-electron chi connectivity index (χ3n) is 3.55. The van der Waals surface area contributed by atoms with Gasteiger partial charge in [-0.1, -0.05) is 30.3 Å². The average molecular weight is 323 g/mol. The summed E-state index contributed by atoms with van der Waals surface area (Å²) in [4.78, 5) is 22.7. The lowest BCUT2D eigenvalue weighted by atomic mass is 10.1. The van der Waals surface area contributed by atoms with Gasteiger partial charge >= 0.3 is 12.1 Å². The number of ether oxygens (including phenoxy) is 2. The molecule has 1 aromatic rings. The van der Waals surface area contributed by atoms with Crippen molar-refractivity contribution < 1.29 is 19.1 Å². The van der Waals surface area contributed by atoms with Gasteiger partial charge in [0, 0.05) is 0 Å². The second kappa shape index (κ2) is 8.08. The van der Waals surface area contributed by atoms with Gasteiger partial charge in [0.05, 0.1) is 0 Å². The zero-order chi connectivity index (χ0) is 15.9. The summed E-state index contributed by atoms with van der Waals surface area (Å²) < 4.78 is 9.86. The molecule has 2 rings (SSSR count). The van der Waals surface area contributed by atoms with Gasteiger partial charge in [-0.2, -0.15) is 0 Å². The summed E-state index contributed by atoms with van der Waals surface area (Å²) in [6, 6.07) is 9.64. The van der Waals surface area contributed by atoms with Crippen LogP contribution in [-0.4, -0.2) is 29.6 Å². The van der Waals surface area contributed by atoms with E-state index in [0.717, 1.165) is 19.3 Å². The molecule has 3 atom stereocenters. The molecule has 1 saturated heterocycles.